The van der Waals surface area contributed by atoms with Gasteiger partial charge < -0.3 is 4.74 Å². The maximum atomic E-state index is 10.9. The minimum atomic E-state index is -0.318. The van der Waals surface area contributed by atoms with Crippen molar-refractivity contribution in [2.24, 2.45) is 0 Å². The summed E-state index contributed by atoms with van der Waals surface area (Å²) in [5.74, 6) is -0.318. The van der Waals surface area contributed by atoms with Crippen LogP contribution in [0.3, 0.4) is 0 Å². The number of allylic oxidation sites excluding steroid dienone is 1. The lowest BCUT2D eigenvalue weighted by Gasteiger charge is -1.95. The molecule has 1 heterocycles. The standard InChI is InChI=1S/C9H9BrO2S/c1-6(5-9(11)12-2)7-3-4-8(10)13-7/h3-5H,1-2H3/b6-5-. The number of esters is 1. The molecule has 13 heavy (non-hydrogen) atoms. The minimum absolute atomic E-state index is 0.318. The summed E-state index contributed by atoms with van der Waals surface area (Å²) in [5.41, 5.74) is 0.919. The van der Waals surface area contributed by atoms with Gasteiger partial charge in [-0.2, -0.15) is 0 Å². The monoisotopic (exact) mass is 260 g/mol. The molecule has 4 heteroatoms. The fourth-order valence-corrected chi connectivity index (χ4v) is 2.19. The number of hydrogen-bond acceptors (Lipinski definition) is 3. The van der Waals surface area contributed by atoms with E-state index < -0.39 is 0 Å². The lowest BCUT2D eigenvalue weighted by Crippen LogP contribution is -1.94. The van der Waals surface area contributed by atoms with Gasteiger partial charge in [0, 0.05) is 11.0 Å². The van der Waals surface area contributed by atoms with E-state index in [1.165, 1.54) is 13.2 Å². The molecule has 0 atom stereocenters. The molecule has 0 aliphatic rings. The van der Waals surface area contributed by atoms with Crippen molar-refractivity contribution in [3.05, 3.63) is 26.9 Å². The number of carbonyl (C=O) groups excluding carboxylic acids is 1. The van der Waals surface area contributed by atoms with Gasteiger partial charge in [-0.25, -0.2) is 4.79 Å². The number of thiophene rings is 1. The second-order valence-corrected chi connectivity index (χ2v) is 4.92. The summed E-state index contributed by atoms with van der Waals surface area (Å²) < 4.78 is 5.58. The van der Waals surface area contributed by atoms with Crippen LogP contribution in [0.4, 0.5) is 0 Å². The molecular weight excluding hydrogens is 252 g/mol. The molecule has 0 aliphatic carbocycles. The summed E-state index contributed by atoms with van der Waals surface area (Å²) >= 11 is 4.95. The summed E-state index contributed by atoms with van der Waals surface area (Å²) in [4.78, 5) is 12.0. The van der Waals surface area contributed by atoms with Crippen molar-refractivity contribution in [1.29, 1.82) is 0 Å². The van der Waals surface area contributed by atoms with Crippen LogP contribution in [-0.4, -0.2) is 13.1 Å². The highest BCUT2D eigenvalue weighted by Gasteiger charge is 2.02. The Kier molecular flexibility index (Phi) is 3.69. The average Bonchev–Trinajstić information content (AvgIpc) is 2.51. The number of ether oxygens (including phenoxy) is 1. The first-order valence-corrected chi connectivity index (χ1v) is 5.26. The summed E-state index contributed by atoms with van der Waals surface area (Å²) in [6, 6.07) is 3.91. The molecule has 0 saturated carbocycles. The third-order valence-corrected chi connectivity index (χ3v) is 3.26. The number of carbonyl (C=O) groups is 1. The van der Waals surface area contributed by atoms with Crippen LogP contribution in [0.15, 0.2) is 22.0 Å². The molecule has 0 N–H and O–H groups in total. The van der Waals surface area contributed by atoms with Gasteiger partial charge in [-0.3, -0.25) is 0 Å². The zero-order valence-electron chi connectivity index (χ0n) is 7.33. The molecule has 0 unspecified atom stereocenters. The molecule has 0 aliphatic heterocycles. The van der Waals surface area contributed by atoms with E-state index in [1.54, 1.807) is 11.3 Å². The van der Waals surface area contributed by atoms with Crippen LogP contribution in [0, 0.1) is 0 Å². The Morgan fingerprint density at radius 3 is 2.77 bits per heavy atom. The topological polar surface area (TPSA) is 26.3 Å². The van der Waals surface area contributed by atoms with Gasteiger partial charge in [0.25, 0.3) is 0 Å². The summed E-state index contributed by atoms with van der Waals surface area (Å²) in [5, 5.41) is 0. The van der Waals surface area contributed by atoms with Gasteiger partial charge in [0.1, 0.15) is 0 Å². The SMILES string of the molecule is COC(=O)/C=C(/C)c1ccc(Br)s1. The molecule has 0 bridgehead atoms. The Hall–Kier alpha value is -0.610. The molecule has 1 aromatic heterocycles. The third-order valence-electron chi connectivity index (χ3n) is 1.50. The van der Waals surface area contributed by atoms with Crippen LogP contribution in [0.25, 0.3) is 5.57 Å². The van der Waals surface area contributed by atoms with Gasteiger partial charge in [-0.05, 0) is 40.6 Å². The molecule has 0 fully saturated rings. The quantitative estimate of drug-likeness (QED) is 0.604. The van der Waals surface area contributed by atoms with Gasteiger partial charge in [0.2, 0.25) is 0 Å². The summed E-state index contributed by atoms with van der Waals surface area (Å²) in [6.07, 6.45) is 1.48. The molecule has 1 rings (SSSR count). The van der Waals surface area contributed by atoms with E-state index >= 15 is 0 Å². The van der Waals surface area contributed by atoms with E-state index in [0.29, 0.717) is 0 Å². The van der Waals surface area contributed by atoms with E-state index in [4.69, 9.17) is 0 Å². The molecular formula is C9H9BrO2S. The van der Waals surface area contributed by atoms with E-state index in [1.807, 2.05) is 19.1 Å². The number of halogens is 1. The Morgan fingerprint density at radius 2 is 2.31 bits per heavy atom. The molecule has 0 radical (unpaired) electrons. The second kappa shape index (κ2) is 4.58. The molecule has 1 aromatic rings. The van der Waals surface area contributed by atoms with Crippen molar-refractivity contribution < 1.29 is 9.53 Å². The third kappa shape index (κ3) is 2.97. The Bertz CT molecular complexity index is 341. The van der Waals surface area contributed by atoms with Crippen LogP contribution in [0.5, 0.6) is 0 Å². The Labute approximate surface area is 89.3 Å². The maximum Gasteiger partial charge on any atom is 0.330 e. The first-order chi connectivity index (χ1) is 6.13. The summed E-state index contributed by atoms with van der Waals surface area (Å²) in [6.45, 7) is 1.88. The van der Waals surface area contributed by atoms with Gasteiger partial charge in [0.15, 0.2) is 0 Å². The molecule has 0 amide bonds. The fraction of sp³-hybridized carbons (Fsp3) is 0.222. The van der Waals surface area contributed by atoms with Crippen molar-refractivity contribution in [3.8, 4) is 0 Å². The van der Waals surface area contributed by atoms with E-state index in [-0.39, 0.29) is 5.97 Å². The summed E-state index contributed by atoms with van der Waals surface area (Å²) in [7, 11) is 1.37. The molecule has 0 aromatic carbocycles. The predicted octanol–water partition coefficient (Wildman–Crippen LogP) is 3.09. The minimum Gasteiger partial charge on any atom is -0.466 e. The highest BCUT2D eigenvalue weighted by molar-refractivity contribution is 9.11. The van der Waals surface area contributed by atoms with E-state index in [0.717, 1.165) is 14.2 Å². The maximum absolute atomic E-state index is 10.9. The highest BCUT2D eigenvalue weighted by Crippen LogP contribution is 2.27. The van der Waals surface area contributed by atoms with Crippen LogP contribution < -0.4 is 0 Å². The van der Waals surface area contributed by atoms with Crippen LogP contribution >= 0.6 is 27.3 Å². The average molecular weight is 261 g/mol. The second-order valence-electron chi connectivity index (χ2n) is 2.45. The molecule has 0 saturated heterocycles. The van der Waals surface area contributed by atoms with Crippen molar-refractivity contribution in [1.82, 2.24) is 0 Å². The lowest BCUT2D eigenvalue weighted by molar-refractivity contribution is -0.134. The first-order valence-electron chi connectivity index (χ1n) is 3.65. The number of hydrogen-bond donors (Lipinski definition) is 0. The van der Waals surface area contributed by atoms with Crippen molar-refractivity contribution in [2.75, 3.05) is 7.11 Å². The number of methoxy groups -OCH3 is 1. The van der Waals surface area contributed by atoms with Gasteiger partial charge >= 0.3 is 5.97 Å². The molecule has 70 valence electrons. The largest absolute Gasteiger partial charge is 0.466 e. The molecule has 2 nitrogen and oxygen atoms in total. The Morgan fingerprint density at radius 1 is 1.62 bits per heavy atom. The predicted molar refractivity (Wildman–Crippen MR) is 57.7 cm³/mol. The normalized spacial score (nSPS) is 11.5. The lowest BCUT2D eigenvalue weighted by atomic mass is 10.2. The van der Waals surface area contributed by atoms with Gasteiger partial charge in [-0.15, -0.1) is 11.3 Å². The number of rotatable bonds is 2. The van der Waals surface area contributed by atoms with Gasteiger partial charge in [0.05, 0.1) is 10.9 Å². The van der Waals surface area contributed by atoms with Gasteiger partial charge in [-0.1, -0.05) is 0 Å². The fourth-order valence-electron chi connectivity index (χ4n) is 0.833. The first kappa shape index (κ1) is 10.5. The van der Waals surface area contributed by atoms with Crippen LogP contribution in [-0.2, 0) is 9.53 Å². The highest BCUT2D eigenvalue weighted by atomic mass is 79.9. The van der Waals surface area contributed by atoms with E-state index in [9.17, 15) is 4.79 Å². The van der Waals surface area contributed by atoms with Crippen LogP contribution in [0.1, 0.15) is 11.8 Å². The molecule has 0 spiro atoms. The van der Waals surface area contributed by atoms with Crippen molar-refractivity contribution >= 4 is 38.8 Å². The van der Waals surface area contributed by atoms with Crippen molar-refractivity contribution in [3.63, 3.8) is 0 Å². The van der Waals surface area contributed by atoms with Crippen LogP contribution in [0.2, 0.25) is 0 Å². The zero-order chi connectivity index (χ0) is 9.84. The zero-order valence-corrected chi connectivity index (χ0v) is 9.74. The van der Waals surface area contributed by atoms with Crippen molar-refractivity contribution in [2.45, 2.75) is 6.92 Å². The van der Waals surface area contributed by atoms with E-state index in [2.05, 4.69) is 20.7 Å². The Balaban J connectivity index is 2.84. The smallest absolute Gasteiger partial charge is 0.330 e.